The van der Waals surface area contributed by atoms with Crippen molar-refractivity contribution in [3.63, 3.8) is 0 Å². The van der Waals surface area contributed by atoms with Crippen molar-refractivity contribution in [2.45, 2.75) is 108 Å². The molecule has 6 rings (SSSR count). The molecule has 318 valence electrons. The van der Waals surface area contributed by atoms with Crippen LogP contribution in [0.4, 0.5) is 4.79 Å². The first-order valence-corrected chi connectivity index (χ1v) is 20.7. The summed E-state index contributed by atoms with van der Waals surface area (Å²) in [6.45, 7) is 7.35. The van der Waals surface area contributed by atoms with E-state index in [0.29, 0.717) is 25.8 Å². The van der Waals surface area contributed by atoms with Gasteiger partial charge in [-0.1, -0.05) is 78.9 Å². The van der Waals surface area contributed by atoms with E-state index in [1.165, 1.54) is 14.0 Å². The number of hydrogen-bond acceptors (Lipinski definition) is 7. The van der Waals surface area contributed by atoms with Gasteiger partial charge in [-0.15, -0.1) is 0 Å². The van der Waals surface area contributed by atoms with Crippen LogP contribution in [0.5, 0.6) is 0 Å². The summed E-state index contributed by atoms with van der Waals surface area (Å²) in [5, 5.41) is 12.2. The van der Waals surface area contributed by atoms with Crippen LogP contribution in [0, 0.1) is 0 Å². The first-order valence-electron chi connectivity index (χ1n) is 20.7. The topological polar surface area (TPSA) is 182 Å². The molecule has 6 amide bonds. The molecule has 2 aliphatic heterocycles. The van der Waals surface area contributed by atoms with Gasteiger partial charge in [-0.25, -0.2) is 4.79 Å². The van der Waals surface area contributed by atoms with Crippen LogP contribution in [0.3, 0.4) is 0 Å². The number of carbonyl (C=O) groups excluding carboxylic acids is 6. The molecule has 0 aliphatic carbocycles. The molecule has 0 unspecified atom stereocenters. The minimum atomic E-state index is -1.36. The smallest absolute Gasteiger partial charge is 0.407 e. The van der Waals surface area contributed by atoms with Gasteiger partial charge in [0.2, 0.25) is 29.5 Å². The number of H-pyrrole nitrogens is 1. The van der Waals surface area contributed by atoms with E-state index in [0.717, 1.165) is 33.3 Å². The molecule has 14 heteroatoms. The van der Waals surface area contributed by atoms with Crippen LogP contribution in [0.25, 0.3) is 10.9 Å². The SMILES string of the molecule is CNC(=O)[C@H](CCCCNC(=O)OC(C)(C)C)N1CC[C@@]2(Cc3c([nH]c4ccccc34)CN2C(=O)[C@H](Cc2ccccc2)NC(=O)[C@H](Cc2ccccc2)NC(C)=O)C1=O. The second-order valence-electron chi connectivity index (χ2n) is 16.8. The van der Waals surface area contributed by atoms with Gasteiger partial charge in [0.25, 0.3) is 0 Å². The Bertz CT molecular complexity index is 2180. The van der Waals surface area contributed by atoms with E-state index in [2.05, 4.69) is 26.3 Å². The number of nitrogens with one attached hydrogen (secondary N) is 5. The van der Waals surface area contributed by atoms with Gasteiger partial charge in [0, 0.05) is 62.9 Å². The van der Waals surface area contributed by atoms with E-state index in [9.17, 15) is 19.2 Å². The highest BCUT2D eigenvalue weighted by molar-refractivity contribution is 6.00. The number of amides is 6. The number of para-hydroxylation sites is 1. The first kappa shape index (κ1) is 43.4. The average Bonchev–Trinajstić information content (AvgIpc) is 3.74. The number of nitrogens with zero attached hydrogens (tertiary/aromatic N) is 2. The van der Waals surface area contributed by atoms with Crippen LogP contribution >= 0.6 is 0 Å². The lowest BCUT2D eigenvalue weighted by molar-refractivity contribution is -0.155. The molecule has 0 bridgehead atoms. The number of benzene rings is 3. The lowest BCUT2D eigenvalue weighted by atomic mass is 9.81. The van der Waals surface area contributed by atoms with E-state index in [-0.39, 0.29) is 56.5 Å². The van der Waals surface area contributed by atoms with Gasteiger partial charge in [-0.05, 0) is 69.2 Å². The number of fused-ring (bicyclic) bond motifs is 3. The Kier molecular flexibility index (Phi) is 13.6. The summed E-state index contributed by atoms with van der Waals surface area (Å²) in [7, 11) is 1.53. The molecule has 1 fully saturated rings. The third-order valence-electron chi connectivity index (χ3n) is 11.3. The number of carbonyl (C=O) groups is 6. The average molecular weight is 820 g/mol. The first-order chi connectivity index (χ1) is 28.7. The van der Waals surface area contributed by atoms with Gasteiger partial charge in [0.15, 0.2) is 0 Å². The van der Waals surface area contributed by atoms with Crippen LogP contribution in [0.2, 0.25) is 0 Å². The Balaban J connectivity index is 1.31. The number of likely N-dealkylation sites (N-methyl/N-ethyl adjacent to an activating group) is 1. The zero-order chi connectivity index (χ0) is 43.0. The Labute approximate surface area is 351 Å². The van der Waals surface area contributed by atoms with Crippen molar-refractivity contribution in [2.24, 2.45) is 0 Å². The Morgan fingerprint density at radius 2 is 1.47 bits per heavy atom. The molecule has 0 saturated carbocycles. The minimum Gasteiger partial charge on any atom is -0.444 e. The summed E-state index contributed by atoms with van der Waals surface area (Å²) in [5.41, 5.74) is 2.25. The van der Waals surface area contributed by atoms with Crippen molar-refractivity contribution < 1.29 is 33.5 Å². The third-order valence-corrected chi connectivity index (χ3v) is 11.3. The van der Waals surface area contributed by atoms with E-state index in [4.69, 9.17) is 4.74 Å². The van der Waals surface area contributed by atoms with E-state index < -0.39 is 47.2 Å². The lowest BCUT2D eigenvalue weighted by Crippen LogP contribution is -2.65. The molecule has 60 heavy (non-hydrogen) atoms. The lowest BCUT2D eigenvalue weighted by Gasteiger charge is -2.45. The molecule has 5 N–H and O–H groups in total. The molecule has 1 spiro atoms. The Morgan fingerprint density at radius 1 is 0.833 bits per heavy atom. The number of aromatic amines is 1. The summed E-state index contributed by atoms with van der Waals surface area (Å²) in [6, 6.07) is 23.6. The molecular formula is C46H57N7O7. The summed E-state index contributed by atoms with van der Waals surface area (Å²) in [4.78, 5) is 89.6. The van der Waals surface area contributed by atoms with Gasteiger partial charge in [-0.2, -0.15) is 0 Å². The molecular weight excluding hydrogens is 763 g/mol. The number of alkyl carbamates (subject to hydrolysis) is 1. The van der Waals surface area contributed by atoms with E-state index in [1.54, 1.807) is 30.6 Å². The van der Waals surface area contributed by atoms with Gasteiger partial charge >= 0.3 is 6.09 Å². The molecule has 2 aliphatic rings. The quantitative estimate of drug-likeness (QED) is 0.111. The second kappa shape index (κ2) is 18.8. The fourth-order valence-corrected chi connectivity index (χ4v) is 8.45. The number of rotatable bonds is 15. The van der Waals surface area contributed by atoms with Crippen molar-refractivity contribution in [3.05, 3.63) is 107 Å². The molecule has 1 aromatic heterocycles. The fourth-order valence-electron chi connectivity index (χ4n) is 8.45. The van der Waals surface area contributed by atoms with Gasteiger partial charge in [0.1, 0.15) is 29.3 Å². The summed E-state index contributed by atoms with van der Waals surface area (Å²) < 4.78 is 5.34. The zero-order valence-corrected chi connectivity index (χ0v) is 35.1. The highest BCUT2D eigenvalue weighted by atomic mass is 16.6. The summed E-state index contributed by atoms with van der Waals surface area (Å²) in [6.07, 6.45) is 1.70. The van der Waals surface area contributed by atoms with Crippen molar-refractivity contribution in [1.82, 2.24) is 36.1 Å². The maximum absolute atomic E-state index is 15.3. The van der Waals surface area contributed by atoms with E-state index >= 15 is 9.59 Å². The normalized spacial score (nSPS) is 17.7. The largest absolute Gasteiger partial charge is 0.444 e. The van der Waals surface area contributed by atoms with Crippen LogP contribution in [-0.4, -0.2) is 99.8 Å². The number of likely N-dealkylation sites (tertiary alicyclic amines) is 1. The Morgan fingerprint density at radius 3 is 2.10 bits per heavy atom. The standard InChI is InChI=1S/C46H57N7O7/c1-30(54)49-36(26-31-16-8-6-9-17-31)40(55)51-37(27-32-18-10-7-11-19-32)42(57)53-29-38-34(33-20-12-13-21-35(33)50-38)28-46(53)23-25-52(43(46)58)39(41(56)47-5)22-14-15-24-48-44(59)60-45(2,3)4/h6-13,16-21,36-37,39,50H,14-15,22-29H2,1-5H3,(H,47,56)(H,48,59)(H,49,54)(H,51,55)/t36-,37-,39-,46+/m0/s1. The number of unbranched alkanes of at least 4 members (excludes halogenated alkanes) is 1. The number of ether oxygens (including phenoxy) is 1. The van der Waals surface area contributed by atoms with Gasteiger partial charge < -0.3 is 40.8 Å². The van der Waals surface area contributed by atoms with Crippen LogP contribution in [-0.2, 0) is 54.5 Å². The van der Waals surface area contributed by atoms with Crippen LogP contribution in [0.1, 0.15) is 75.8 Å². The third kappa shape index (κ3) is 10.2. The molecule has 1 saturated heterocycles. The maximum atomic E-state index is 15.3. The number of aromatic nitrogens is 1. The molecule has 0 radical (unpaired) electrons. The predicted octanol–water partition coefficient (Wildman–Crippen LogP) is 4.31. The highest BCUT2D eigenvalue weighted by Crippen LogP contribution is 2.43. The van der Waals surface area contributed by atoms with Crippen LogP contribution in [0.15, 0.2) is 84.9 Å². The van der Waals surface area contributed by atoms with Crippen LogP contribution < -0.4 is 21.3 Å². The van der Waals surface area contributed by atoms with Crippen molar-refractivity contribution in [2.75, 3.05) is 20.1 Å². The maximum Gasteiger partial charge on any atom is 0.407 e. The predicted molar refractivity (Wildman–Crippen MR) is 227 cm³/mol. The van der Waals surface area contributed by atoms with Crippen molar-refractivity contribution in [1.29, 1.82) is 0 Å². The summed E-state index contributed by atoms with van der Waals surface area (Å²) in [5.74, 6) is -2.02. The molecule has 4 aromatic rings. The van der Waals surface area contributed by atoms with Gasteiger partial charge in [0.05, 0.1) is 6.54 Å². The summed E-state index contributed by atoms with van der Waals surface area (Å²) >= 11 is 0. The number of hydrogen-bond donors (Lipinski definition) is 5. The molecule has 3 aromatic carbocycles. The van der Waals surface area contributed by atoms with Crippen molar-refractivity contribution in [3.8, 4) is 0 Å². The van der Waals surface area contributed by atoms with E-state index in [1.807, 2.05) is 84.9 Å². The molecule has 3 heterocycles. The van der Waals surface area contributed by atoms with Gasteiger partial charge in [-0.3, -0.25) is 24.0 Å². The minimum absolute atomic E-state index is 0.0731. The molecule has 4 atom stereocenters. The highest BCUT2D eigenvalue weighted by Gasteiger charge is 2.57. The monoisotopic (exact) mass is 819 g/mol. The Hall–Kier alpha value is -6.18. The zero-order valence-electron chi connectivity index (χ0n) is 35.1. The van der Waals surface area contributed by atoms with Crippen molar-refractivity contribution >= 4 is 46.5 Å². The molecule has 14 nitrogen and oxygen atoms in total. The second-order valence-corrected chi connectivity index (χ2v) is 16.8. The fraction of sp³-hybridized carbons (Fsp3) is 0.435.